The number of carbonyl (C=O) groups excluding carboxylic acids is 1. The molecule has 2 heterocycles. The molecule has 1 fully saturated rings. The summed E-state index contributed by atoms with van der Waals surface area (Å²) in [5.41, 5.74) is 4.88. The largest absolute Gasteiger partial charge is 0.496 e. The minimum absolute atomic E-state index is 0.0525. The minimum atomic E-state index is -0.193. The fourth-order valence-corrected chi connectivity index (χ4v) is 3.62. The third kappa shape index (κ3) is 4.08. The van der Waals surface area contributed by atoms with E-state index in [-0.39, 0.29) is 18.2 Å². The van der Waals surface area contributed by atoms with Crippen molar-refractivity contribution in [2.24, 2.45) is 7.05 Å². The first-order valence-corrected chi connectivity index (χ1v) is 9.22. The lowest BCUT2D eigenvalue weighted by Gasteiger charge is -2.30. The van der Waals surface area contributed by atoms with Gasteiger partial charge in [0.2, 0.25) is 0 Å². The van der Waals surface area contributed by atoms with Crippen molar-refractivity contribution in [3.8, 4) is 5.75 Å². The van der Waals surface area contributed by atoms with Gasteiger partial charge in [-0.05, 0) is 62.4 Å². The zero-order valence-electron chi connectivity index (χ0n) is 16.6. The Balaban J connectivity index is 1.66. The molecule has 0 aliphatic carbocycles. The van der Waals surface area contributed by atoms with Gasteiger partial charge in [0.05, 0.1) is 12.8 Å². The summed E-state index contributed by atoms with van der Waals surface area (Å²) >= 11 is 0. The van der Waals surface area contributed by atoms with Crippen LogP contribution in [-0.2, 0) is 11.8 Å². The first-order valence-electron chi connectivity index (χ1n) is 9.22. The molecular weight excluding hydrogens is 344 g/mol. The van der Waals surface area contributed by atoms with Crippen molar-refractivity contribution >= 4 is 11.7 Å². The molecule has 7 nitrogen and oxygen atoms in total. The van der Waals surface area contributed by atoms with Crippen LogP contribution in [0, 0.1) is 20.8 Å². The normalized spacial score (nSPS) is 19.6. The van der Waals surface area contributed by atoms with Crippen LogP contribution in [0.2, 0.25) is 0 Å². The van der Waals surface area contributed by atoms with Gasteiger partial charge in [-0.1, -0.05) is 0 Å². The van der Waals surface area contributed by atoms with Crippen LogP contribution in [0.4, 0.5) is 10.5 Å². The predicted octanol–water partition coefficient (Wildman–Crippen LogP) is 3.40. The van der Waals surface area contributed by atoms with Gasteiger partial charge in [0, 0.05) is 31.6 Å². The van der Waals surface area contributed by atoms with E-state index in [9.17, 15) is 4.79 Å². The first kappa shape index (κ1) is 19.2. The highest BCUT2D eigenvalue weighted by Gasteiger charge is 2.27. The van der Waals surface area contributed by atoms with Gasteiger partial charge in [0.15, 0.2) is 0 Å². The number of urea groups is 1. The third-order valence-corrected chi connectivity index (χ3v) is 5.32. The summed E-state index contributed by atoms with van der Waals surface area (Å²) < 4.78 is 13.1. The van der Waals surface area contributed by atoms with Crippen LogP contribution in [0.1, 0.15) is 41.3 Å². The van der Waals surface area contributed by atoms with Gasteiger partial charge in [-0.3, -0.25) is 4.68 Å². The zero-order valence-corrected chi connectivity index (χ0v) is 16.6. The smallest absolute Gasteiger partial charge is 0.319 e. The van der Waals surface area contributed by atoms with Crippen LogP contribution in [0.15, 0.2) is 18.3 Å². The van der Waals surface area contributed by atoms with Crippen LogP contribution in [-0.4, -0.2) is 35.6 Å². The Bertz CT molecular complexity index is 831. The SMILES string of the molecule is COc1cc(C)c(NC(=O)NC2CCOC(c3ccnn3C)C2)c(C)c1C. The number of nitrogens with zero attached hydrogens (tertiary/aromatic N) is 2. The Labute approximate surface area is 160 Å². The fourth-order valence-electron chi connectivity index (χ4n) is 3.62. The molecule has 0 bridgehead atoms. The number of methoxy groups -OCH3 is 1. The number of hydrogen-bond acceptors (Lipinski definition) is 4. The summed E-state index contributed by atoms with van der Waals surface area (Å²) in [7, 11) is 3.56. The van der Waals surface area contributed by atoms with Gasteiger partial charge in [-0.2, -0.15) is 5.10 Å². The summed E-state index contributed by atoms with van der Waals surface area (Å²) in [5.74, 6) is 0.833. The van der Waals surface area contributed by atoms with Crippen molar-refractivity contribution in [2.75, 3.05) is 19.0 Å². The molecule has 2 aromatic rings. The van der Waals surface area contributed by atoms with E-state index < -0.39 is 0 Å². The lowest BCUT2D eigenvalue weighted by molar-refractivity contribution is -0.00204. The number of amides is 2. The van der Waals surface area contributed by atoms with Crippen LogP contribution < -0.4 is 15.4 Å². The number of rotatable bonds is 4. The van der Waals surface area contributed by atoms with E-state index in [0.717, 1.165) is 46.7 Å². The van der Waals surface area contributed by atoms with Gasteiger partial charge in [-0.25, -0.2) is 4.79 Å². The number of carbonyl (C=O) groups is 1. The number of ether oxygens (including phenoxy) is 2. The van der Waals surface area contributed by atoms with E-state index in [1.807, 2.05) is 44.6 Å². The number of aromatic nitrogens is 2. The molecule has 2 amide bonds. The highest BCUT2D eigenvalue weighted by molar-refractivity contribution is 5.91. The lowest BCUT2D eigenvalue weighted by Crippen LogP contribution is -2.42. The number of anilines is 1. The van der Waals surface area contributed by atoms with E-state index in [2.05, 4.69) is 15.7 Å². The quantitative estimate of drug-likeness (QED) is 0.862. The van der Waals surface area contributed by atoms with Crippen molar-refractivity contribution in [3.63, 3.8) is 0 Å². The maximum absolute atomic E-state index is 12.6. The van der Waals surface area contributed by atoms with Crippen LogP contribution >= 0.6 is 0 Å². The maximum Gasteiger partial charge on any atom is 0.319 e. The second kappa shape index (κ2) is 8.00. The number of nitrogens with one attached hydrogen (secondary N) is 2. The topological polar surface area (TPSA) is 77.4 Å². The zero-order chi connectivity index (χ0) is 19.6. The summed E-state index contributed by atoms with van der Waals surface area (Å²) in [6.45, 7) is 6.57. The van der Waals surface area contributed by atoms with E-state index in [4.69, 9.17) is 9.47 Å². The van der Waals surface area contributed by atoms with Crippen molar-refractivity contribution in [1.29, 1.82) is 0 Å². The Morgan fingerprint density at radius 2 is 2.11 bits per heavy atom. The van der Waals surface area contributed by atoms with Crippen molar-refractivity contribution in [3.05, 3.63) is 40.7 Å². The summed E-state index contributed by atoms with van der Waals surface area (Å²) in [6, 6.07) is 3.77. The average molecular weight is 372 g/mol. The molecule has 1 aliphatic heterocycles. The third-order valence-electron chi connectivity index (χ3n) is 5.32. The van der Waals surface area contributed by atoms with Gasteiger partial charge >= 0.3 is 6.03 Å². The van der Waals surface area contributed by atoms with E-state index in [0.29, 0.717) is 6.61 Å². The summed E-state index contributed by atoms with van der Waals surface area (Å²) in [4.78, 5) is 12.6. The number of hydrogen-bond donors (Lipinski definition) is 2. The second-order valence-electron chi connectivity index (χ2n) is 7.08. The Kier molecular flexibility index (Phi) is 5.70. The van der Waals surface area contributed by atoms with Gasteiger partial charge in [0.25, 0.3) is 0 Å². The summed E-state index contributed by atoms with van der Waals surface area (Å²) in [5, 5.41) is 10.3. The number of aryl methyl sites for hydroxylation is 2. The van der Waals surface area contributed by atoms with E-state index >= 15 is 0 Å². The first-order chi connectivity index (χ1) is 12.9. The molecule has 1 aliphatic rings. The second-order valence-corrected chi connectivity index (χ2v) is 7.08. The molecule has 0 saturated carbocycles. The van der Waals surface area contributed by atoms with Crippen LogP contribution in [0.5, 0.6) is 5.75 Å². The highest BCUT2D eigenvalue weighted by atomic mass is 16.5. The highest BCUT2D eigenvalue weighted by Crippen LogP contribution is 2.31. The fraction of sp³-hybridized carbons (Fsp3) is 0.500. The van der Waals surface area contributed by atoms with Crippen molar-refractivity contribution in [1.82, 2.24) is 15.1 Å². The molecule has 7 heteroatoms. The molecule has 1 aromatic heterocycles. The Hall–Kier alpha value is -2.54. The maximum atomic E-state index is 12.6. The standard InChI is InChI=1S/C20H28N4O3/c1-12-10-17(26-5)13(2)14(3)19(12)23-20(25)22-15-7-9-27-18(11-15)16-6-8-21-24(16)4/h6,8,10,15,18H,7,9,11H2,1-5H3,(H2,22,23,25). The van der Waals surface area contributed by atoms with E-state index in [1.54, 1.807) is 13.3 Å². The molecule has 3 rings (SSSR count). The minimum Gasteiger partial charge on any atom is -0.496 e. The molecule has 146 valence electrons. The summed E-state index contributed by atoms with van der Waals surface area (Å²) in [6.07, 6.45) is 3.23. The molecule has 27 heavy (non-hydrogen) atoms. The van der Waals surface area contributed by atoms with Crippen LogP contribution in [0.25, 0.3) is 0 Å². The van der Waals surface area contributed by atoms with Crippen molar-refractivity contribution < 1.29 is 14.3 Å². The molecular formula is C20H28N4O3. The van der Waals surface area contributed by atoms with Gasteiger partial charge in [0.1, 0.15) is 11.9 Å². The molecule has 1 saturated heterocycles. The molecule has 2 unspecified atom stereocenters. The number of benzene rings is 1. The van der Waals surface area contributed by atoms with Crippen molar-refractivity contribution in [2.45, 2.75) is 45.8 Å². The lowest BCUT2D eigenvalue weighted by atomic mass is 10.0. The van der Waals surface area contributed by atoms with Gasteiger partial charge < -0.3 is 20.1 Å². The Morgan fingerprint density at radius 3 is 2.78 bits per heavy atom. The monoisotopic (exact) mass is 372 g/mol. The molecule has 0 radical (unpaired) electrons. The molecule has 2 N–H and O–H groups in total. The van der Waals surface area contributed by atoms with Gasteiger partial charge in [-0.15, -0.1) is 0 Å². The van der Waals surface area contributed by atoms with Crippen LogP contribution in [0.3, 0.4) is 0 Å². The van der Waals surface area contributed by atoms with E-state index in [1.165, 1.54) is 0 Å². The molecule has 0 spiro atoms. The Morgan fingerprint density at radius 1 is 1.33 bits per heavy atom. The molecule has 1 aromatic carbocycles. The predicted molar refractivity (Wildman–Crippen MR) is 104 cm³/mol. The molecule has 2 atom stereocenters. The average Bonchev–Trinajstić information content (AvgIpc) is 3.08.